The lowest BCUT2D eigenvalue weighted by Crippen LogP contribution is -1.95. The van der Waals surface area contributed by atoms with Crippen LogP contribution in [0.25, 0.3) is 33.9 Å². The van der Waals surface area contributed by atoms with Gasteiger partial charge in [-0.25, -0.2) is 9.97 Å². The van der Waals surface area contributed by atoms with Crippen molar-refractivity contribution in [3.8, 4) is 33.9 Å². The number of hydrogen-bond donors (Lipinski definition) is 2. The van der Waals surface area contributed by atoms with Crippen molar-refractivity contribution in [2.75, 3.05) is 5.32 Å². The molecule has 0 fully saturated rings. The number of hydrogen-bond acceptors (Lipinski definition) is 5. The van der Waals surface area contributed by atoms with Crippen molar-refractivity contribution >= 4 is 23.1 Å². The fraction of sp³-hybridized carbons (Fsp3) is 0.111. The zero-order valence-electron chi connectivity index (χ0n) is 14.1. The number of nitrogens with one attached hydrogen (secondary N) is 2. The van der Waals surface area contributed by atoms with E-state index in [1.165, 1.54) is 0 Å². The summed E-state index contributed by atoms with van der Waals surface area (Å²) >= 11 is 6.45. The predicted octanol–water partition coefficient (Wildman–Crippen LogP) is 3.95. The van der Waals surface area contributed by atoms with E-state index in [1.807, 2.05) is 32.2 Å². The molecule has 1 aliphatic heterocycles. The Kier molecular flexibility index (Phi) is 3.14. The zero-order chi connectivity index (χ0) is 17.8. The summed E-state index contributed by atoms with van der Waals surface area (Å²) in [5, 5.41) is 8.28. The van der Waals surface area contributed by atoms with E-state index in [2.05, 4.69) is 25.4 Å². The summed E-state index contributed by atoms with van der Waals surface area (Å²) in [6.07, 6.45) is 5.30. The number of rotatable bonds is 1. The number of pyridine rings is 2. The van der Waals surface area contributed by atoms with E-state index in [-0.39, 0.29) is 0 Å². The molecule has 0 saturated heterocycles. The van der Waals surface area contributed by atoms with E-state index >= 15 is 0 Å². The number of halogens is 1. The summed E-state index contributed by atoms with van der Waals surface area (Å²) in [7, 11) is 1.82. The van der Waals surface area contributed by atoms with Crippen LogP contribution >= 0.6 is 11.6 Å². The number of aryl methyl sites for hydroxylation is 2. The Morgan fingerprint density at radius 3 is 2.85 bits per heavy atom. The second kappa shape index (κ2) is 5.40. The van der Waals surface area contributed by atoms with E-state index in [0.29, 0.717) is 11.0 Å². The first-order valence-corrected chi connectivity index (χ1v) is 8.47. The minimum absolute atomic E-state index is 0.547. The molecule has 0 atom stereocenters. The largest absolute Gasteiger partial charge is 0.338 e. The molecular formula is C18H14ClN7. The highest BCUT2D eigenvalue weighted by Crippen LogP contribution is 2.43. The summed E-state index contributed by atoms with van der Waals surface area (Å²) < 4.78 is 1.65. The van der Waals surface area contributed by atoms with Crippen molar-refractivity contribution in [3.63, 3.8) is 0 Å². The normalized spacial score (nSPS) is 12.0. The summed E-state index contributed by atoms with van der Waals surface area (Å²) in [4.78, 5) is 17.0. The minimum Gasteiger partial charge on any atom is -0.338 e. The molecule has 4 aromatic rings. The maximum atomic E-state index is 6.45. The molecule has 128 valence electrons. The van der Waals surface area contributed by atoms with E-state index < -0.39 is 0 Å². The lowest BCUT2D eigenvalue weighted by atomic mass is 10.1. The Balaban J connectivity index is 1.83. The van der Waals surface area contributed by atoms with Crippen molar-refractivity contribution in [2.24, 2.45) is 7.05 Å². The average molecular weight is 364 g/mol. The van der Waals surface area contributed by atoms with E-state index in [9.17, 15) is 0 Å². The van der Waals surface area contributed by atoms with Crippen molar-refractivity contribution in [2.45, 2.75) is 6.92 Å². The summed E-state index contributed by atoms with van der Waals surface area (Å²) in [5.41, 5.74) is 6.10. The molecule has 0 spiro atoms. The van der Waals surface area contributed by atoms with Crippen molar-refractivity contribution in [1.29, 1.82) is 0 Å². The molecule has 0 aliphatic carbocycles. The maximum Gasteiger partial charge on any atom is 0.143 e. The molecule has 5 rings (SSSR count). The Morgan fingerprint density at radius 2 is 2.04 bits per heavy atom. The van der Waals surface area contributed by atoms with Crippen LogP contribution in [0.3, 0.4) is 0 Å². The number of H-pyrrole nitrogens is 1. The fourth-order valence-electron chi connectivity index (χ4n) is 3.32. The highest BCUT2D eigenvalue weighted by molar-refractivity contribution is 6.32. The molecule has 1 aliphatic rings. The molecule has 0 bridgehead atoms. The highest BCUT2D eigenvalue weighted by Gasteiger charge is 2.26. The van der Waals surface area contributed by atoms with Gasteiger partial charge in [0.1, 0.15) is 22.5 Å². The van der Waals surface area contributed by atoms with Gasteiger partial charge in [-0.3, -0.25) is 9.67 Å². The number of fused-ring (bicyclic) bond motifs is 5. The zero-order valence-corrected chi connectivity index (χ0v) is 14.8. The quantitative estimate of drug-likeness (QED) is 0.471. The van der Waals surface area contributed by atoms with Gasteiger partial charge >= 0.3 is 0 Å². The van der Waals surface area contributed by atoms with Crippen LogP contribution in [0.15, 0.2) is 36.8 Å². The first-order valence-electron chi connectivity index (χ1n) is 8.09. The van der Waals surface area contributed by atoms with Crippen LogP contribution in [-0.4, -0.2) is 29.7 Å². The predicted molar refractivity (Wildman–Crippen MR) is 100 cm³/mol. The van der Waals surface area contributed by atoms with Gasteiger partial charge in [0.05, 0.1) is 28.8 Å². The summed E-state index contributed by atoms with van der Waals surface area (Å²) in [6.45, 7) is 1.92. The lowest BCUT2D eigenvalue weighted by Gasteiger charge is -2.07. The third kappa shape index (κ3) is 2.07. The molecule has 0 aromatic carbocycles. The van der Waals surface area contributed by atoms with Gasteiger partial charge in [-0.1, -0.05) is 11.6 Å². The van der Waals surface area contributed by atoms with Crippen LogP contribution in [-0.2, 0) is 7.05 Å². The van der Waals surface area contributed by atoms with Crippen molar-refractivity contribution in [3.05, 3.63) is 47.6 Å². The number of anilines is 2. The molecule has 0 amide bonds. The van der Waals surface area contributed by atoms with Crippen LogP contribution in [0.1, 0.15) is 5.69 Å². The maximum absolute atomic E-state index is 6.45. The van der Waals surface area contributed by atoms with Gasteiger partial charge in [-0.05, 0) is 25.1 Å². The van der Waals surface area contributed by atoms with Gasteiger partial charge in [-0.15, -0.1) is 0 Å². The van der Waals surface area contributed by atoms with Crippen LogP contribution in [0.4, 0.5) is 11.5 Å². The second-order valence-corrected chi connectivity index (χ2v) is 6.49. The van der Waals surface area contributed by atoms with Crippen LogP contribution < -0.4 is 5.32 Å². The molecule has 5 heterocycles. The second-order valence-electron chi connectivity index (χ2n) is 6.13. The first-order chi connectivity index (χ1) is 12.6. The standard InChI is InChI=1S/C18H14ClN7/c1-9-13(16(19)26(2)25-9)18-23-14-10-5-7-20-8-12(10)22-17-11(15(14)24-18)4-3-6-21-17/h3-8H,1-2H3,(H,21,22)(H,23,24). The van der Waals surface area contributed by atoms with Crippen molar-refractivity contribution < 1.29 is 0 Å². The summed E-state index contributed by atoms with van der Waals surface area (Å²) in [6, 6.07) is 5.84. The monoisotopic (exact) mass is 363 g/mol. The van der Waals surface area contributed by atoms with E-state index in [4.69, 9.17) is 16.6 Å². The Bertz CT molecular complexity index is 1100. The van der Waals surface area contributed by atoms with Gasteiger partial charge in [0, 0.05) is 30.6 Å². The summed E-state index contributed by atoms with van der Waals surface area (Å²) in [5.74, 6) is 1.43. The lowest BCUT2D eigenvalue weighted by molar-refractivity contribution is 0.757. The van der Waals surface area contributed by atoms with Gasteiger partial charge in [-0.2, -0.15) is 5.10 Å². The highest BCUT2D eigenvalue weighted by atomic mass is 35.5. The number of aromatic amines is 1. The molecule has 0 radical (unpaired) electrons. The fourth-order valence-corrected chi connectivity index (χ4v) is 3.58. The number of imidazole rings is 1. The van der Waals surface area contributed by atoms with Gasteiger partial charge < -0.3 is 10.3 Å². The number of aromatic nitrogens is 6. The van der Waals surface area contributed by atoms with E-state index in [0.717, 1.165) is 45.3 Å². The molecule has 7 nitrogen and oxygen atoms in total. The molecule has 4 aromatic heterocycles. The smallest absolute Gasteiger partial charge is 0.143 e. The third-order valence-corrected chi connectivity index (χ3v) is 4.93. The van der Waals surface area contributed by atoms with Gasteiger partial charge in [0.15, 0.2) is 0 Å². The SMILES string of the molecule is Cc1nn(C)c(Cl)c1-c1nc2c([nH]1)-c1ccncc1Nc1ncccc1-2. The molecule has 26 heavy (non-hydrogen) atoms. The first kappa shape index (κ1) is 15.1. The van der Waals surface area contributed by atoms with Gasteiger partial charge in [0.2, 0.25) is 0 Å². The van der Waals surface area contributed by atoms with E-state index in [1.54, 1.807) is 23.3 Å². The topological polar surface area (TPSA) is 84.3 Å². The van der Waals surface area contributed by atoms with Crippen LogP contribution in [0, 0.1) is 6.92 Å². The molecule has 0 unspecified atom stereocenters. The van der Waals surface area contributed by atoms with Crippen LogP contribution in [0.5, 0.6) is 0 Å². The minimum atomic E-state index is 0.547. The molecular weight excluding hydrogens is 350 g/mol. The van der Waals surface area contributed by atoms with Gasteiger partial charge in [0.25, 0.3) is 0 Å². The Labute approximate surface area is 154 Å². The van der Waals surface area contributed by atoms with Crippen LogP contribution in [0.2, 0.25) is 5.15 Å². The molecule has 0 saturated carbocycles. The Hall–Kier alpha value is -3.19. The number of nitrogens with zero attached hydrogens (tertiary/aromatic N) is 5. The van der Waals surface area contributed by atoms with Crippen molar-refractivity contribution in [1.82, 2.24) is 29.7 Å². The third-order valence-electron chi connectivity index (χ3n) is 4.50. The molecule has 2 N–H and O–H groups in total. The molecule has 8 heteroatoms. The Morgan fingerprint density at radius 1 is 1.15 bits per heavy atom. The average Bonchev–Trinajstić information content (AvgIpc) is 3.13.